The number of guanidine groups is 1. The molecule has 0 spiro atoms. The van der Waals surface area contributed by atoms with Gasteiger partial charge in [-0.05, 0) is 23.8 Å². The second-order valence-corrected chi connectivity index (χ2v) is 4.98. The molecular formula is C10H17N3S. The number of hydrogen-bond acceptors (Lipinski definition) is 4. The van der Waals surface area contributed by atoms with E-state index < -0.39 is 0 Å². The average molecular weight is 211 g/mol. The van der Waals surface area contributed by atoms with E-state index in [0.717, 1.165) is 19.0 Å². The third kappa shape index (κ3) is 1.75. The van der Waals surface area contributed by atoms with Gasteiger partial charge >= 0.3 is 0 Å². The van der Waals surface area contributed by atoms with Crippen LogP contribution in [0, 0.1) is 5.92 Å². The monoisotopic (exact) mass is 211 g/mol. The Morgan fingerprint density at radius 1 is 1.71 bits per heavy atom. The summed E-state index contributed by atoms with van der Waals surface area (Å²) in [4.78, 5) is 6.52. The number of thioether (sulfide) groups is 1. The van der Waals surface area contributed by atoms with E-state index in [1.807, 2.05) is 17.8 Å². The van der Waals surface area contributed by atoms with Gasteiger partial charge in [-0.1, -0.05) is 6.08 Å². The summed E-state index contributed by atoms with van der Waals surface area (Å²) in [6, 6.07) is 0.531. The third-order valence-corrected chi connectivity index (χ3v) is 4.16. The van der Waals surface area contributed by atoms with E-state index in [9.17, 15) is 0 Å². The molecule has 0 radical (unpaired) electrons. The van der Waals surface area contributed by atoms with Gasteiger partial charge in [0.1, 0.15) is 0 Å². The van der Waals surface area contributed by atoms with Crippen molar-refractivity contribution in [3.05, 3.63) is 12.7 Å². The van der Waals surface area contributed by atoms with Gasteiger partial charge in [-0.3, -0.25) is 4.99 Å². The van der Waals surface area contributed by atoms with Crippen molar-refractivity contribution in [1.82, 2.24) is 4.90 Å². The van der Waals surface area contributed by atoms with Gasteiger partial charge in [0.05, 0.1) is 12.6 Å². The number of aliphatic imine (C=N–C) groups is 1. The van der Waals surface area contributed by atoms with Gasteiger partial charge in [0.15, 0.2) is 5.96 Å². The zero-order valence-corrected chi connectivity index (χ0v) is 9.17. The summed E-state index contributed by atoms with van der Waals surface area (Å²) in [5.74, 6) is 4.03. The topological polar surface area (TPSA) is 41.6 Å². The van der Waals surface area contributed by atoms with Gasteiger partial charge < -0.3 is 10.6 Å². The fourth-order valence-corrected chi connectivity index (χ4v) is 3.50. The van der Waals surface area contributed by atoms with Crippen LogP contribution in [0.25, 0.3) is 0 Å². The first-order valence-corrected chi connectivity index (χ1v) is 6.23. The maximum Gasteiger partial charge on any atom is 0.191 e. The van der Waals surface area contributed by atoms with Crippen molar-refractivity contribution < 1.29 is 0 Å². The normalized spacial score (nSPS) is 32.0. The van der Waals surface area contributed by atoms with Crippen LogP contribution in [0.2, 0.25) is 0 Å². The van der Waals surface area contributed by atoms with Crippen LogP contribution < -0.4 is 5.73 Å². The zero-order valence-electron chi connectivity index (χ0n) is 8.35. The SMILES string of the molecule is C=CCN1C(N)=NCC1C1CCSC1. The molecule has 2 aliphatic rings. The van der Waals surface area contributed by atoms with Gasteiger partial charge in [0.2, 0.25) is 0 Å². The van der Waals surface area contributed by atoms with Crippen LogP contribution in [0.5, 0.6) is 0 Å². The molecular weight excluding hydrogens is 194 g/mol. The molecule has 0 amide bonds. The molecule has 1 saturated heterocycles. The van der Waals surface area contributed by atoms with Crippen molar-refractivity contribution in [1.29, 1.82) is 0 Å². The predicted octanol–water partition coefficient (Wildman–Crippen LogP) is 0.924. The van der Waals surface area contributed by atoms with Crippen molar-refractivity contribution in [3.63, 3.8) is 0 Å². The Hall–Kier alpha value is -0.640. The highest BCUT2D eigenvalue weighted by molar-refractivity contribution is 7.99. The summed E-state index contributed by atoms with van der Waals surface area (Å²) < 4.78 is 0. The third-order valence-electron chi connectivity index (χ3n) is 2.97. The van der Waals surface area contributed by atoms with E-state index in [2.05, 4.69) is 16.5 Å². The van der Waals surface area contributed by atoms with Crippen LogP contribution >= 0.6 is 11.8 Å². The smallest absolute Gasteiger partial charge is 0.191 e. The lowest BCUT2D eigenvalue weighted by molar-refractivity contribution is 0.285. The van der Waals surface area contributed by atoms with Crippen LogP contribution in [0.4, 0.5) is 0 Å². The molecule has 2 rings (SSSR count). The summed E-state index contributed by atoms with van der Waals surface area (Å²) >= 11 is 2.05. The summed E-state index contributed by atoms with van der Waals surface area (Å²) in [6.07, 6.45) is 3.22. The molecule has 1 fully saturated rings. The first-order valence-electron chi connectivity index (χ1n) is 5.08. The summed E-state index contributed by atoms with van der Waals surface area (Å²) in [6.45, 7) is 5.48. The van der Waals surface area contributed by atoms with E-state index >= 15 is 0 Å². The molecule has 0 aliphatic carbocycles. The zero-order chi connectivity index (χ0) is 9.97. The lowest BCUT2D eigenvalue weighted by Crippen LogP contribution is -2.44. The highest BCUT2D eigenvalue weighted by Crippen LogP contribution is 2.30. The second-order valence-electron chi connectivity index (χ2n) is 3.83. The van der Waals surface area contributed by atoms with Crippen molar-refractivity contribution >= 4 is 17.7 Å². The molecule has 3 nitrogen and oxygen atoms in total. The van der Waals surface area contributed by atoms with Crippen LogP contribution in [-0.2, 0) is 0 Å². The van der Waals surface area contributed by atoms with Crippen LogP contribution in [0.1, 0.15) is 6.42 Å². The van der Waals surface area contributed by atoms with Crippen molar-refractivity contribution in [3.8, 4) is 0 Å². The molecule has 0 aromatic heterocycles. The first kappa shape index (κ1) is 9.90. The second kappa shape index (κ2) is 4.26. The molecule has 0 aromatic rings. The van der Waals surface area contributed by atoms with E-state index in [1.165, 1.54) is 17.9 Å². The standard InChI is InChI=1S/C10H17N3S/c1-2-4-13-9(6-12-10(13)11)8-3-5-14-7-8/h2,8-9H,1,3-7H2,(H2,11,12). The summed E-state index contributed by atoms with van der Waals surface area (Å²) in [5, 5.41) is 0. The molecule has 2 N–H and O–H groups in total. The molecule has 2 heterocycles. The van der Waals surface area contributed by atoms with Crippen molar-refractivity contribution in [2.24, 2.45) is 16.6 Å². The van der Waals surface area contributed by atoms with Gasteiger partial charge in [-0.25, -0.2) is 0 Å². The molecule has 0 saturated carbocycles. The van der Waals surface area contributed by atoms with Crippen molar-refractivity contribution in [2.45, 2.75) is 12.5 Å². The lowest BCUT2D eigenvalue weighted by atomic mass is 9.98. The highest BCUT2D eigenvalue weighted by Gasteiger charge is 2.33. The first-order chi connectivity index (χ1) is 6.83. The van der Waals surface area contributed by atoms with Gasteiger partial charge in [-0.15, -0.1) is 6.58 Å². The van der Waals surface area contributed by atoms with E-state index in [4.69, 9.17) is 5.73 Å². The van der Waals surface area contributed by atoms with Crippen LogP contribution in [-0.4, -0.2) is 41.5 Å². The Bertz CT molecular complexity index is 246. The van der Waals surface area contributed by atoms with Gasteiger partial charge in [-0.2, -0.15) is 11.8 Å². The Labute approximate surface area is 89.4 Å². The maximum atomic E-state index is 5.84. The molecule has 0 bridgehead atoms. The number of hydrogen-bond donors (Lipinski definition) is 1. The fraction of sp³-hybridized carbons (Fsp3) is 0.700. The van der Waals surface area contributed by atoms with E-state index in [0.29, 0.717) is 12.0 Å². The number of nitrogens with two attached hydrogens (primary N) is 1. The molecule has 4 heteroatoms. The molecule has 2 aliphatic heterocycles. The Kier molecular flexibility index (Phi) is 3.01. The Morgan fingerprint density at radius 3 is 3.21 bits per heavy atom. The highest BCUT2D eigenvalue weighted by atomic mass is 32.2. The molecule has 0 aromatic carbocycles. The minimum absolute atomic E-state index is 0.531. The fourth-order valence-electron chi connectivity index (χ4n) is 2.17. The van der Waals surface area contributed by atoms with E-state index in [-0.39, 0.29) is 0 Å². The summed E-state index contributed by atoms with van der Waals surface area (Å²) in [5.41, 5.74) is 5.84. The number of nitrogens with zero attached hydrogens (tertiary/aromatic N) is 2. The van der Waals surface area contributed by atoms with Gasteiger partial charge in [0, 0.05) is 6.54 Å². The Morgan fingerprint density at radius 2 is 2.57 bits per heavy atom. The minimum atomic E-state index is 0.531. The predicted molar refractivity (Wildman–Crippen MR) is 62.6 cm³/mol. The molecule has 14 heavy (non-hydrogen) atoms. The minimum Gasteiger partial charge on any atom is -0.370 e. The molecule has 2 atom stereocenters. The van der Waals surface area contributed by atoms with Crippen LogP contribution in [0.3, 0.4) is 0 Å². The van der Waals surface area contributed by atoms with Crippen LogP contribution in [0.15, 0.2) is 17.6 Å². The lowest BCUT2D eigenvalue weighted by Gasteiger charge is -2.29. The summed E-state index contributed by atoms with van der Waals surface area (Å²) in [7, 11) is 0. The molecule has 78 valence electrons. The van der Waals surface area contributed by atoms with E-state index in [1.54, 1.807) is 0 Å². The van der Waals surface area contributed by atoms with Gasteiger partial charge in [0.25, 0.3) is 0 Å². The largest absolute Gasteiger partial charge is 0.370 e. The van der Waals surface area contributed by atoms with Crippen molar-refractivity contribution in [2.75, 3.05) is 24.6 Å². The molecule has 2 unspecified atom stereocenters. The number of rotatable bonds is 3. The average Bonchev–Trinajstić information content (AvgIpc) is 2.77. The maximum absolute atomic E-state index is 5.84. The Balaban J connectivity index is 2.01. The quantitative estimate of drug-likeness (QED) is 0.706.